The van der Waals surface area contributed by atoms with E-state index >= 15 is 0 Å². The van der Waals surface area contributed by atoms with Gasteiger partial charge in [-0.25, -0.2) is 0 Å². The van der Waals surface area contributed by atoms with E-state index in [0.717, 1.165) is 32.1 Å². The zero-order chi connectivity index (χ0) is 15.9. The predicted octanol–water partition coefficient (Wildman–Crippen LogP) is 3.42. The van der Waals surface area contributed by atoms with Crippen LogP contribution in [0.4, 0.5) is 0 Å². The SMILES string of the molecule is CCC(C)N1C(=O)c2ccccc2C(C(=O)O)C12CCCC2. The van der Waals surface area contributed by atoms with Gasteiger partial charge in [-0.15, -0.1) is 0 Å². The van der Waals surface area contributed by atoms with E-state index in [9.17, 15) is 14.7 Å². The fraction of sp³-hybridized carbons (Fsp3) is 0.556. The van der Waals surface area contributed by atoms with Gasteiger partial charge in [0.1, 0.15) is 5.92 Å². The monoisotopic (exact) mass is 301 g/mol. The first-order valence-corrected chi connectivity index (χ1v) is 8.18. The van der Waals surface area contributed by atoms with Gasteiger partial charge in [0.25, 0.3) is 5.91 Å². The van der Waals surface area contributed by atoms with Crippen molar-refractivity contribution in [1.82, 2.24) is 4.90 Å². The Morgan fingerprint density at radius 2 is 2.00 bits per heavy atom. The Morgan fingerprint density at radius 3 is 2.59 bits per heavy atom. The van der Waals surface area contributed by atoms with Crippen molar-refractivity contribution in [3.05, 3.63) is 35.4 Å². The highest BCUT2D eigenvalue weighted by atomic mass is 16.4. The van der Waals surface area contributed by atoms with Crippen molar-refractivity contribution in [3.8, 4) is 0 Å². The molecule has 0 aromatic heterocycles. The van der Waals surface area contributed by atoms with Crippen LogP contribution in [0.3, 0.4) is 0 Å². The summed E-state index contributed by atoms with van der Waals surface area (Å²) in [6.45, 7) is 4.09. The Morgan fingerprint density at radius 1 is 1.36 bits per heavy atom. The number of hydrogen-bond acceptors (Lipinski definition) is 2. The number of fused-ring (bicyclic) bond motifs is 1. The van der Waals surface area contributed by atoms with Crippen LogP contribution in [-0.2, 0) is 4.79 Å². The van der Waals surface area contributed by atoms with E-state index in [1.807, 2.05) is 30.0 Å². The summed E-state index contributed by atoms with van der Waals surface area (Å²) < 4.78 is 0. The smallest absolute Gasteiger partial charge is 0.313 e. The van der Waals surface area contributed by atoms with Crippen molar-refractivity contribution >= 4 is 11.9 Å². The third kappa shape index (κ3) is 1.97. The van der Waals surface area contributed by atoms with Crippen molar-refractivity contribution in [2.24, 2.45) is 0 Å². The average molecular weight is 301 g/mol. The minimum atomic E-state index is -0.810. The molecule has 3 rings (SSSR count). The molecule has 0 saturated heterocycles. The first-order chi connectivity index (χ1) is 10.5. The summed E-state index contributed by atoms with van der Waals surface area (Å²) in [6.07, 6.45) is 4.39. The van der Waals surface area contributed by atoms with E-state index in [2.05, 4.69) is 6.92 Å². The zero-order valence-corrected chi connectivity index (χ0v) is 13.2. The number of benzene rings is 1. The molecule has 1 spiro atoms. The molecule has 0 bridgehead atoms. The first kappa shape index (κ1) is 15.1. The molecule has 118 valence electrons. The summed E-state index contributed by atoms with van der Waals surface area (Å²) in [5, 5.41) is 9.93. The van der Waals surface area contributed by atoms with Crippen molar-refractivity contribution in [1.29, 1.82) is 0 Å². The fourth-order valence-electron chi connectivity index (χ4n) is 4.41. The summed E-state index contributed by atoms with van der Waals surface area (Å²) in [5.74, 6) is -1.42. The lowest BCUT2D eigenvalue weighted by Gasteiger charge is -2.51. The fourth-order valence-corrected chi connectivity index (χ4v) is 4.41. The van der Waals surface area contributed by atoms with Gasteiger partial charge >= 0.3 is 5.97 Å². The number of rotatable bonds is 3. The number of carbonyl (C=O) groups is 2. The quantitative estimate of drug-likeness (QED) is 0.930. The summed E-state index contributed by atoms with van der Waals surface area (Å²) >= 11 is 0. The number of carboxylic acids is 1. The first-order valence-electron chi connectivity index (χ1n) is 8.18. The number of nitrogens with zero attached hydrogens (tertiary/aromatic N) is 1. The van der Waals surface area contributed by atoms with Crippen LogP contribution in [0.25, 0.3) is 0 Å². The van der Waals surface area contributed by atoms with Gasteiger partial charge in [0.15, 0.2) is 0 Å². The van der Waals surface area contributed by atoms with Crippen molar-refractivity contribution in [2.75, 3.05) is 0 Å². The molecule has 1 aliphatic carbocycles. The molecule has 4 heteroatoms. The summed E-state index contributed by atoms with van der Waals surface area (Å²) in [5.41, 5.74) is 0.710. The summed E-state index contributed by atoms with van der Waals surface area (Å²) in [6, 6.07) is 7.30. The van der Waals surface area contributed by atoms with E-state index in [1.54, 1.807) is 6.07 Å². The molecule has 1 aromatic rings. The van der Waals surface area contributed by atoms with Crippen LogP contribution in [0, 0.1) is 0 Å². The number of hydrogen-bond donors (Lipinski definition) is 1. The Hall–Kier alpha value is -1.84. The molecule has 0 radical (unpaired) electrons. The van der Waals surface area contributed by atoms with Gasteiger partial charge in [-0.2, -0.15) is 0 Å². The molecule has 4 nitrogen and oxygen atoms in total. The normalized spacial score (nSPS) is 24.4. The molecular formula is C18H23NO3. The van der Waals surface area contributed by atoms with Gasteiger partial charge in [0, 0.05) is 11.6 Å². The van der Waals surface area contributed by atoms with Crippen LogP contribution >= 0.6 is 0 Å². The second kappa shape index (κ2) is 5.41. The minimum absolute atomic E-state index is 0.00403. The summed E-state index contributed by atoms with van der Waals surface area (Å²) in [7, 11) is 0. The highest BCUT2D eigenvalue weighted by molar-refractivity contribution is 6.01. The summed E-state index contributed by atoms with van der Waals surface area (Å²) in [4.78, 5) is 27.1. The predicted molar refractivity (Wildman–Crippen MR) is 83.9 cm³/mol. The van der Waals surface area contributed by atoms with Crippen LogP contribution < -0.4 is 0 Å². The Bertz CT molecular complexity index is 604. The number of carboxylic acid groups (broad SMARTS) is 1. The Balaban J connectivity index is 2.24. The van der Waals surface area contributed by atoms with Gasteiger partial charge in [0.2, 0.25) is 0 Å². The molecule has 1 heterocycles. The average Bonchev–Trinajstić information content (AvgIpc) is 2.96. The molecule has 1 aliphatic heterocycles. The highest BCUT2D eigenvalue weighted by Gasteiger charge is 2.56. The molecule has 1 amide bonds. The highest BCUT2D eigenvalue weighted by Crippen LogP contribution is 2.51. The number of carbonyl (C=O) groups excluding carboxylic acids is 1. The standard InChI is InChI=1S/C18H23NO3/c1-3-12(2)19-16(20)14-9-5-4-8-13(14)15(17(21)22)18(19)10-6-7-11-18/h4-5,8-9,12,15H,3,6-7,10-11H2,1-2H3,(H,21,22). The lowest BCUT2D eigenvalue weighted by Crippen LogP contribution is -2.61. The Kier molecular flexibility index (Phi) is 3.71. The zero-order valence-electron chi connectivity index (χ0n) is 13.2. The molecule has 22 heavy (non-hydrogen) atoms. The van der Waals surface area contributed by atoms with Crippen LogP contribution in [0.1, 0.15) is 67.8 Å². The van der Waals surface area contributed by atoms with Gasteiger partial charge in [-0.3, -0.25) is 9.59 Å². The van der Waals surface area contributed by atoms with Crippen molar-refractivity contribution in [3.63, 3.8) is 0 Å². The van der Waals surface area contributed by atoms with Crippen molar-refractivity contribution in [2.45, 2.75) is 63.5 Å². The number of amides is 1. The second-order valence-electron chi connectivity index (χ2n) is 6.60. The molecule has 2 atom stereocenters. The van der Waals surface area contributed by atoms with Gasteiger partial charge < -0.3 is 10.0 Å². The minimum Gasteiger partial charge on any atom is -0.481 e. The van der Waals surface area contributed by atoms with Crippen LogP contribution in [0.5, 0.6) is 0 Å². The maximum Gasteiger partial charge on any atom is 0.313 e. The van der Waals surface area contributed by atoms with Crippen molar-refractivity contribution < 1.29 is 14.7 Å². The van der Waals surface area contributed by atoms with E-state index < -0.39 is 17.4 Å². The molecule has 1 aromatic carbocycles. The molecular weight excluding hydrogens is 278 g/mol. The largest absolute Gasteiger partial charge is 0.481 e. The Labute approximate surface area is 131 Å². The van der Waals surface area contributed by atoms with E-state index in [-0.39, 0.29) is 11.9 Å². The van der Waals surface area contributed by atoms with Gasteiger partial charge in [-0.1, -0.05) is 38.0 Å². The van der Waals surface area contributed by atoms with E-state index in [4.69, 9.17) is 0 Å². The van der Waals surface area contributed by atoms with Crippen LogP contribution in [0.2, 0.25) is 0 Å². The molecule has 1 saturated carbocycles. The van der Waals surface area contributed by atoms with Gasteiger partial charge in [0.05, 0.1) is 5.54 Å². The molecule has 2 unspecified atom stereocenters. The van der Waals surface area contributed by atoms with E-state index in [1.165, 1.54) is 0 Å². The third-order valence-electron chi connectivity index (χ3n) is 5.49. The molecule has 1 fully saturated rings. The van der Waals surface area contributed by atoms with E-state index in [0.29, 0.717) is 11.1 Å². The second-order valence-corrected chi connectivity index (χ2v) is 6.60. The third-order valence-corrected chi connectivity index (χ3v) is 5.49. The number of aliphatic carboxylic acids is 1. The van der Waals surface area contributed by atoms with Crippen LogP contribution in [0.15, 0.2) is 24.3 Å². The van der Waals surface area contributed by atoms with Gasteiger partial charge in [-0.05, 0) is 37.8 Å². The molecule has 1 N–H and O–H groups in total. The maximum absolute atomic E-state index is 13.1. The maximum atomic E-state index is 13.1. The topological polar surface area (TPSA) is 57.6 Å². The lowest BCUT2D eigenvalue weighted by atomic mass is 9.71. The lowest BCUT2D eigenvalue weighted by molar-refractivity contribution is -0.143. The molecule has 2 aliphatic rings. The van der Waals surface area contributed by atoms with Crippen LogP contribution in [-0.4, -0.2) is 33.5 Å².